The summed E-state index contributed by atoms with van der Waals surface area (Å²) in [7, 11) is -3.56. The number of phenols is 1. The van der Waals surface area contributed by atoms with Gasteiger partial charge in [-0.05, 0) is 86.7 Å². The molecule has 0 saturated carbocycles. The Morgan fingerprint density at radius 3 is 2.26 bits per heavy atom. The fraction of sp³-hybridized carbons (Fsp3) is 0.355. The average Bonchev–Trinajstić information content (AvgIpc) is 3.07. The fourth-order valence-corrected chi connectivity index (χ4v) is 9.32. The number of phenolic OH excluding ortho intramolecular Hbond substituents is 1. The van der Waals surface area contributed by atoms with Crippen molar-refractivity contribution in [1.29, 1.82) is 0 Å². The second-order valence-corrected chi connectivity index (χ2v) is 15.2. The summed E-state index contributed by atoms with van der Waals surface area (Å²) in [6.07, 6.45) is 4.32. The summed E-state index contributed by atoms with van der Waals surface area (Å²) in [4.78, 5) is 50.4. The number of piperazine rings is 1. The van der Waals surface area contributed by atoms with Crippen molar-refractivity contribution in [3.8, 4) is 5.75 Å². The number of amides is 5. The highest BCUT2D eigenvalue weighted by atomic mass is 79.9. The van der Waals surface area contributed by atoms with Gasteiger partial charge < -0.3 is 30.4 Å². The van der Waals surface area contributed by atoms with Crippen molar-refractivity contribution in [2.24, 2.45) is 0 Å². The molecule has 0 radical (unpaired) electrons. The first kappa shape index (κ1) is 33.3. The monoisotopic (exact) mass is 791 g/mol. The molecule has 5 amide bonds. The lowest BCUT2D eigenvalue weighted by Crippen LogP contribution is -2.58. The highest BCUT2D eigenvalue weighted by Crippen LogP contribution is 2.58. The number of hydrogen-bond donors (Lipinski definition) is 5. The van der Waals surface area contributed by atoms with Crippen molar-refractivity contribution in [2.75, 3.05) is 49.5 Å². The van der Waals surface area contributed by atoms with E-state index in [0.717, 1.165) is 15.6 Å². The lowest BCUT2D eigenvalue weighted by atomic mass is 10.0. The van der Waals surface area contributed by atoms with Gasteiger partial charge in [0.1, 0.15) is 16.7 Å². The van der Waals surface area contributed by atoms with E-state index in [1.807, 2.05) is 12.1 Å². The number of rotatable bonds is 6. The van der Waals surface area contributed by atoms with Crippen molar-refractivity contribution >= 4 is 72.0 Å². The Bertz CT molecular complexity index is 1630. The Morgan fingerprint density at radius 2 is 1.60 bits per heavy atom. The molecule has 3 aliphatic heterocycles. The lowest BCUT2D eigenvalue weighted by molar-refractivity contribution is -0.133. The van der Waals surface area contributed by atoms with Crippen LogP contribution in [0.15, 0.2) is 74.8 Å². The van der Waals surface area contributed by atoms with Crippen LogP contribution in [0, 0.1) is 0 Å². The van der Waals surface area contributed by atoms with Crippen molar-refractivity contribution in [1.82, 2.24) is 24.4 Å². The predicted octanol–water partition coefficient (Wildman–Crippen LogP) is 5.32. The van der Waals surface area contributed by atoms with Crippen LogP contribution < -0.4 is 15.5 Å². The van der Waals surface area contributed by atoms with Crippen LogP contribution in [0.3, 0.4) is 0 Å². The molecule has 47 heavy (non-hydrogen) atoms. The van der Waals surface area contributed by atoms with E-state index in [4.69, 9.17) is 0 Å². The van der Waals surface area contributed by atoms with Gasteiger partial charge in [-0.3, -0.25) is 18.9 Å². The predicted molar refractivity (Wildman–Crippen MR) is 186 cm³/mol. The topological polar surface area (TPSA) is 162 Å². The Labute approximate surface area is 290 Å². The minimum atomic E-state index is -3.56. The fourth-order valence-electron chi connectivity index (χ4n) is 6.25. The summed E-state index contributed by atoms with van der Waals surface area (Å²) in [5, 5.41) is 15.9. The first-order chi connectivity index (χ1) is 22.5. The number of hydrogen-bond acceptors (Lipinski definition) is 8. The van der Waals surface area contributed by atoms with Crippen LogP contribution in [0.2, 0.25) is 0 Å². The molecule has 16 heteroatoms. The molecule has 0 bridgehead atoms. The van der Waals surface area contributed by atoms with E-state index < -0.39 is 34.9 Å². The normalized spacial score (nSPS) is 19.4. The number of aromatic hydroxyl groups is 1. The Balaban J connectivity index is 1.13. The molecule has 2 aromatic carbocycles. The van der Waals surface area contributed by atoms with Crippen LogP contribution in [0.5, 0.6) is 5.75 Å². The Morgan fingerprint density at radius 1 is 0.957 bits per heavy atom. The van der Waals surface area contributed by atoms with Crippen molar-refractivity contribution in [3.63, 3.8) is 0 Å². The number of benzene rings is 2. The molecule has 5 N–H and O–H groups in total. The largest absolute Gasteiger partial charge is 0.506 e. The smallest absolute Gasteiger partial charge is 0.340 e. The third-order valence-corrected chi connectivity index (χ3v) is 11.9. The number of carbonyl (C=O) groups excluding carboxylic acids is 3. The molecule has 0 spiro atoms. The van der Waals surface area contributed by atoms with E-state index in [9.17, 15) is 28.6 Å². The molecule has 3 aromatic rings. The van der Waals surface area contributed by atoms with E-state index in [0.29, 0.717) is 53.7 Å². The van der Waals surface area contributed by atoms with E-state index >= 15 is 0 Å². The number of pyridine rings is 1. The van der Waals surface area contributed by atoms with Crippen LogP contribution in [-0.2, 0) is 11.2 Å². The van der Waals surface area contributed by atoms with Gasteiger partial charge in [0.05, 0.1) is 20.7 Å². The second kappa shape index (κ2) is 13.9. The maximum Gasteiger partial charge on any atom is 0.340 e. The summed E-state index contributed by atoms with van der Waals surface area (Å²) in [5.74, 6) is -0.168. The quantitative estimate of drug-likeness (QED) is 0.224. The zero-order chi connectivity index (χ0) is 33.3. The number of nitrogens with zero attached hydrogens (tertiary/aromatic N) is 5. The molecule has 13 nitrogen and oxygen atoms in total. The summed E-state index contributed by atoms with van der Waals surface area (Å²) in [6.45, 7) is 2.73. The number of fused-ring (bicyclic) bond motifs is 1. The van der Waals surface area contributed by atoms with E-state index in [-0.39, 0.29) is 36.1 Å². The minimum Gasteiger partial charge on any atom is -0.506 e. The minimum absolute atomic E-state index is 0.0401. The molecule has 4 heterocycles. The highest BCUT2D eigenvalue weighted by molar-refractivity contribution is 9.11. The lowest BCUT2D eigenvalue weighted by Gasteiger charge is -2.51. The molecule has 0 unspecified atom stereocenters. The number of halogens is 2. The van der Waals surface area contributed by atoms with Gasteiger partial charge in [0, 0.05) is 63.8 Å². The molecule has 250 valence electrons. The number of piperidine rings is 1. The molecular weight excluding hydrogens is 758 g/mol. The van der Waals surface area contributed by atoms with Gasteiger partial charge in [0.25, 0.3) is 0 Å². The van der Waals surface area contributed by atoms with Crippen LogP contribution >= 0.6 is 42.6 Å². The third kappa shape index (κ3) is 7.02. The Hall–Kier alpha value is -3.57. The Kier molecular flexibility index (Phi) is 9.85. The summed E-state index contributed by atoms with van der Waals surface area (Å²) >= 11 is 6.71. The molecule has 3 aliphatic rings. The summed E-state index contributed by atoms with van der Waals surface area (Å²) < 4.78 is 24.2. The van der Waals surface area contributed by atoms with Crippen molar-refractivity contribution in [3.05, 3.63) is 75.4 Å². The standard InChI is InChI=1S/C31H35Br2N7O6S/c32-23-17-20(18-24(33)28(23)41)19-26(29(42)38-15-13-37(14-16-38)21-5-9-34-10-6-21)36-30(43)39-11-7-22(8-12-39)40-31(44)35-25-3-1-2-4-27(25)47(40,45)46/h1-6,9-10,17-18,22,26,41,45-46H,7-8,11-16,19H2,(H,35,44)(H,36,43)/t26-/m0/s1. The summed E-state index contributed by atoms with van der Waals surface area (Å²) in [5.41, 5.74) is 2.13. The average molecular weight is 794 g/mol. The van der Waals surface area contributed by atoms with E-state index in [1.54, 1.807) is 58.6 Å². The zero-order valence-electron chi connectivity index (χ0n) is 25.3. The van der Waals surface area contributed by atoms with Crippen molar-refractivity contribution < 1.29 is 28.6 Å². The van der Waals surface area contributed by atoms with Crippen LogP contribution in [0.1, 0.15) is 18.4 Å². The van der Waals surface area contributed by atoms with Gasteiger partial charge in [-0.2, -0.15) is 0 Å². The molecule has 1 atom stereocenters. The number of carbonyl (C=O) groups is 3. The molecular formula is C31H35Br2N7O6S. The maximum atomic E-state index is 14.0. The van der Waals surface area contributed by atoms with Gasteiger partial charge in [-0.15, -0.1) is 0 Å². The number of aromatic nitrogens is 1. The zero-order valence-corrected chi connectivity index (χ0v) is 29.2. The highest BCUT2D eigenvalue weighted by Gasteiger charge is 2.43. The number of para-hydroxylation sites is 1. The number of anilines is 2. The molecule has 2 fully saturated rings. The van der Waals surface area contributed by atoms with E-state index in [1.165, 1.54) is 0 Å². The number of likely N-dealkylation sites (tertiary alicyclic amines) is 1. The van der Waals surface area contributed by atoms with Gasteiger partial charge >= 0.3 is 12.1 Å². The molecule has 1 aromatic heterocycles. The van der Waals surface area contributed by atoms with Crippen molar-refractivity contribution in [2.45, 2.75) is 36.2 Å². The first-order valence-corrected chi connectivity index (χ1v) is 18.3. The van der Waals surface area contributed by atoms with Gasteiger partial charge in [-0.25, -0.2) is 13.9 Å². The van der Waals surface area contributed by atoms with Crippen LogP contribution in [0.4, 0.5) is 21.0 Å². The van der Waals surface area contributed by atoms with Gasteiger partial charge in [0.2, 0.25) is 5.91 Å². The molecule has 0 aliphatic carbocycles. The summed E-state index contributed by atoms with van der Waals surface area (Å²) in [6, 6.07) is 11.5. The maximum absolute atomic E-state index is 14.0. The molecule has 2 saturated heterocycles. The van der Waals surface area contributed by atoms with Crippen LogP contribution in [0.25, 0.3) is 0 Å². The number of urea groups is 2. The molecule has 6 rings (SSSR count). The van der Waals surface area contributed by atoms with E-state index in [2.05, 4.69) is 52.4 Å². The number of nitrogens with one attached hydrogen (secondary N) is 2. The third-order valence-electron chi connectivity index (χ3n) is 8.71. The van der Waals surface area contributed by atoms with Gasteiger partial charge in [0.15, 0.2) is 0 Å². The SMILES string of the molecule is O=C(N[C@@H](Cc1cc(Br)c(O)c(Br)c1)C(=O)N1CCN(c2ccncc2)CC1)N1CCC(N2C(=O)Nc3ccccc3S2(O)O)CC1. The van der Waals surface area contributed by atoms with Gasteiger partial charge in [-0.1, -0.05) is 22.9 Å². The first-order valence-electron chi connectivity index (χ1n) is 15.2. The van der Waals surface area contributed by atoms with Crippen LogP contribution in [-0.4, -0.2) is 103 Å². The second-order valence-electron chi connectivity index (χ2n) is 11.6.